The third-order valence-corrected chi connectivity index (χ3v) is 4.53. The van der Waals surface area contributed by atoms with Gasteiger partial charge in [0.1, 0.15) is 12.1 Å². The normalized spacial score (nSPS) is 18.6. The molecule has 1 saturated heterocycles. The van der Waals surface area contributed by atoms with Crippen molar-refractivity contribution in [1.29, 1.82) is 0 Å². The Kier molecular flexibility index (Phi) is 5.32. The van der Waals surface area contributed by atoms with Crippen molar-refractivity contribution in [1.82, 2.24) is 15.5 Å². The lowest BCUT2D eigenvalue weighted by atomic mass is 9.92. The predicted octanol–water partition coefficient (Wildman–Crippen LogP) is 2.46. The van der Waals surface area contributed by atoms with Crippen LogP contribution < -0.4 is 16.0 Å². The molecule has 3 rings (SSSR count). The number of anilines is 1. The molecule has 2 aromatic carbocycles. The van der Waals surface area contributed by atoms with E-state index < -0.39 is 36.0 Å². The van der Waals surface area contributed by atoms with Gasteiger partial charge in [-0.1, -0.05) is 41.9 Å². The van der Waals surface area contributed by atoms with Crippen LogP contribution in [0.3, 0.4) is 0 Å². The molecule has 1 fully saturated rings. The summed E-state index contributed by atoms with van der Waals surface area (Å²) >= 11 is 5.86. The van der Waals surface area contributed by atoms with Crippen LogP contribution in [0.25, 0.3) is 0 Å². The number of halogens is 1. The van der Waals surface area contributed by atoms with Crippen LogP contribution in [-0.4, -0.2) is 35.3 Å². The topological polar surface area (TPSA) is 108 Å². The summed E-state index contributed by atoms with van der Waals surface area (Å²) in [5.74, 6) is -1.39. The van der Waals surface area contributed by atoms with E-state index in [2.05, 4.69) is 16.0 Å². The Bertz CT molecular complexity index is 933. The summed E-state index contributed by atoms with van der Waals surface area (Å²) in [5, 5.41) is 7.64. The maximum absolute atomic E-state index is 12.8. The van der Waals surface area contributed by atoms with Crippen LogP contribution in [0.2, 0.25) is 5.02 Å². The summed E-state index contributed by atoms with van der Waals surface area (Å²) < 4.78 is 0. The molecule has 6 amide bonds. The van der Waals surface area contributed by atoms with Gasteiger partial charge in [-0.05, 0) is 36.8 Å². The van der Waals surface area contributed by atoms with E-state index in [9.17, 15) is 19.2 Å². The Morgan fingerprint density at radius 1 is 1.07 bits per heavy atom. The number of imide groups is 2. The summed E-state index contributed by atoms with van der Waals surface area (Å²) in [6.07, 6.45) is 0. The fourth-order valence-electron chi connectivity index (χ4n) is 2.81. The quantitative estimate of drug-likeness (QED) is 0.685. The van der Waals surface area contributed by atoms with Gasteiger partial charge < -0.3 is 10.6 Å². The van der Waals surface area contributed by atoms with Gasteiger partial charge in [-0.3, -0.25) is 19.8 Å². The van der Waals surface area contributed by atoms with E-state index in [0.717, 1.165) is 4.90 Å². The molecule has 9 heteroatoms. The minimum absolute atomic E-state index is 0.491. The number of hydrogen-bond donors (Lipinski definition) is 3. The Balaban J connectivity index is 1.64. The van der Waals surface area contributed by atoms with E-state index in [1.54, 1.807) is 54.6 Å². The van der Waals surface area contributed by atoms with Crippen LogP contribution >= 0.6 is 11.6 Å². The van der Waals surface area contributed by atoms with Crippen LogP contribution in [0.1, 0.15) is 12.5 Å². The molecule has 1 aliphatic heterocycles. The van der Waals surface area contributed by atoms with Crippen LogP contribution in [0.5, 0.6) is 0 Å². The van der Waals surface area contributed by atoms with E-state index >= 15 is 0 Å². The lowest BCUT2D eigenvalue weighted by Crippen LogP contribution is -2.45. The maximum atomic E-state index is 12.8. The summed E-state index contributed by atoms with van der Waals surface area (Å²) in [5.41, 5.74) is -0.299. The van der Waals surface area contributed by atoms with Crippen molar-refractivity contribution in [3.05, 3.63) is 65.2 Å². The number of benzene rings is 2. The Morgan fingerprint density at radius 2 is 1.71 bits per heavy atom. The maximum Gasteiger partial charge on any atom is 0.325 e. The highest BCUT2D eigenvalue weighted by molar-refractivity contribution is 6.30. The largest absolute Gasteiger partial charge is 0.325 e. The molecule has 0 spiro atoms. The van der Waals surface area contributed by atoms with E-state index in [1.165, 1.54) is 6.92 Å². The van der Waals surface area contributed by atoms with Gasteiger partial charge in [0.2, 0.25) is 5.91 Å². The molecule has 0 aromatic heterocycles. The highest BCUT2D eigenvalue weighted by atomic mass is 35.5. The number of rotatable bonds is 4. The third kappa shape index (κ3) is 3.96. The minimum atomic E-state index is -1.33. The van der Waals surface area contributed by atoms with Crippen LogP contribution in [0, 0.1) is 0 Å². The SMILES string of the molecule is CC1(c2ccc(Cl)cc2)NC(=O)N(CC(=O)NC(=O)Nc2ccccc2)C1=O. The fraction of sp³-hybridized carbons (Fsp3) is 0.158. The molecule has 8 nitrogen and oxygen atoms in total. The molecule has 0 radical (unpaired) electrons. The van der Waals surface area contributed by atoms with Crippen molar-refractivity contribution in [2.24, 2.45) is 0 Å². The smallest absolute Gasteiger partial charge is 0.319 e. The molecule has 1 heterocycles. The highest BCUT2D eigenvalue weighted by Crippen LogP contribution is 2.29. The molecule has 0 bridgehead atoms. The van der Waals surface area contributed by atoms with Crippen molar-refractivity contribution in [3.8, 4) is 0 Å². The fourth-order valence-corrected chi connectivity index (χ4v) is 2.94. The third-order valence-electron chi connectivity index (χ3n) is 4.28. The lowest BCUT2D eigenvalue weighted by molar-refractivity contribution is -0.134. The number of carbonyl (C=O) groups is 4. The van der Waals surface area contributed by atoms with Gasteiger partial charge >= 0.3 is 12.1 Å². The predicted molar refractivity (Wildman–Crippen MR) is 103 cm³/mol. The van der Waals surface area contributed by atoms with E-state index in [1.807, 2.05) is 0 Å². The zero-order valence-corrected chi connectivity index (χ0v) is 15.6. The number of hydrogen-bond acceptors (Lipinski definition) is 4. The first-order chi connectivity index (χ1) is 13.3. The van der Waals surface area contributed by atoms with Gasteiger partial charge in [-0.25, -0.2) is 9.59 Å². The van der Waals surface area contributed by atoms with Gasteiger partial charge in [0, 0.05) is 10.7 Å². The summed E-state index contributed by atoms with van der Waals surface area (Å²) in [6.45, 7) is 0.951. The summed E-state index contributed by atoms with van der Waals surface area (Å²) in [6, 6.07) is 13.5. The minimum Gasteiger partial charge on any atom is -0.319 e. The Morgan fingerprint density at radius 3 is 2.36 bits per heavy atom. The molecule has 1 atom stereocenters. The number of nitrogens with zero attached hydrogens (tertiary/aromatic N) is 1. The van der Waals surface area contributed by atoms with Crippen molar-refractivity contribution in [3.63, 3.8) is 0 Å². The Labute approximate surface area is 165 Å². The van der Waals surface area contributed by atoms with E-state index in [-0.39, 0.29) is 0 Å². The van der Waals surface area contributed by atoms with Crippen molar-refractivity contribution >= 4 is 41.2 Å². The number of para-hydroxylation sites is 1. The molecular formula is C19H17ClN4O4. The van der Waals surface area contributed by atoms with Crippen LogP contribution in [-0.2, 0) is 15.1 Å². The first kappa shape index (κ1) is 19.4. The Hall–Kier alpha value is -3.39. The van der Waals surface area contributed by atoms with Crippen LogP contribution in [0.4, 0.5) is 15.3 Å². The second kappa shape index (κ2) is 7.69. The molecule has 0 saturated carbocycles. The van der Waals surface area contributed by atoms with E-state index in [0.29, 0.717) is 16.3 Å². The summed E-state index contributed by atoms with van der Waals surface area (Å²) in [7, 11) is 0. The first-order valence-electron chi connectivity index (χ1n) is 8.35. The molecule has 1 aliphatic rings. The second-order valence-corrected chi connectivity index (χ2v) is 6.76. The molecule has 144 valence electrons. The molecular weight excluding hydrogens is 384 g/mol. The van der Waals surface area contributed by atoms with Crippen molar-refractivity contribution in [2.45, 2.75) is 12.5 Å². The van der Waals surface area contributed by atoms with Gasteiger partial charge in [0.15, 0.2) is 0 Å². The zero-order chi connectivity index (χ0) is 20.3. The number of carbonyl (C=O) groups excluding carboxylic acids is 4. The van der Waals surface area contributed by atoms with Gasteiger partial charge in [-0.15, -0.1) is 0 Å². The lowest BCUT2D eigenvalue weighted by Gasteiger charge is -2.22. The first-order valence-corrected chi connectivity index (χ1v) is 8.73. The number of urea groups is 2. The second-order valence-electron chi connectivity index (χ2n) is 6.32. The molecule has 0 aliphatic carbocycles. The van der Waals surface area contributed by atoms with Gasteiger partial charge in [0.25, 0.3) is 5.91 Å². The zero-order valence-electron chi connectivity index (χ0n) is 14.9. The average Bonchev–Trinajstić information content (AvgIpc) is 2.87. The number of amides is 6. The monoisotopic (exact) mass is 400 g/mol. The molecule has 28 heavy (non-hydrogen) atoms. The van der Waals surface area contributed by atoms with Gasteiger partial charge in [-0.2, -0.15) is 0 Å². The van der Waals surface area contributed by atoms with Crippen LogP contribution in [0.15, 0.2) is 54.6 Å². The molecule has 3 N–H and O–H groups in total. The molecule has 1 unspecified atom stereocenters. The van der Waals surface area contributed by atoms with Crippen molar-refractivity contribution < 1.29 is 19.2 Å². The van der Waals surface area contributed by atoms with Crippen molar-refractivity contribution in [2.75, 3.05) is 11.9 Å². The number of nitrogens with one attached hydrogen (secondary N) is 3. The molecule has 2 aromatic rings. The average molecular weight is 401 g/mol. The van der Waals surface area contributed by atoms with E-state index in [4.69, 9.17) is 11.6 Å². The summed E-state index contributed by atoms with van der Waals surface area (Å²) in [4.78, 5) is 49.8. The highest BCUT2D eigenvalue weighted by Gasteiger charge is 2.49. The van der Waals surface area contributed by atoms with Gasteiger partial charge in [0.05, 0.1) is 0 Å². The standard InChI is InChI=1S/C19H17ClN4O4/c1-19(12-7-9-13(20)10-8-12)16(26)24(18(28)23-19)11-15(25)22-17(27)21-14-5-3-2-4-6-14/h2-10H,11H2,1H3,(H,23,28)(H2,21,22,25,27).